The number of ether oxygens (including phenoxy) is 1. The molecule has 96 valence electrons. The summed E-state index contributed by atoms with van der Waals surface area (Å²) in [5.41, 5.74) is 0. The second-order valence-corrected chi connectivity index (χ2v) is 5.03. The summed E-state index contributed by atoms with van der Waals surface area (Å²) in [5.74, 6) is 0. The van der Waals surface area contributed by atoms with Crippen molar-refractivity contribution in [2.45, 2.75) is 83.3 Å². The first-order valence-corrected chi connectivity index (χ1v) is 7.14. The summed E-state index contributed by atoms with van der Waals surface area (Å²) < 4.78 is 5.47. The van der Waals surface area contributed by atoms with E-state index < -0.39 is 0 Å². The molecule has 1 fully saturated rings. The van der Waals surface area contributed by atoms with Crippen LogP contribution in [0, 0.1) is 0 Å². The van der Waals surface area contributed by atoms with Crippen molar-refractivity contribution in [2.24, 2.45) is 0 Å². The van der Waals surface area contributed by atoms with E-state index in [0.717, 1.165) is 32.3 Å². The number of unbranched alkanes of at least 4 members (excludes halogenated alkanes) is 6. The van der Waals surface area contributed by atoms with Crippen molar-refractivity contribution in [3.8, 4) is 0 Å². The third kappa shape index (κ3) is 5.86. The van der Waals surface area contributed by atoms with Crippen molar-refractivity contribution in [2.75, 3.05) is 6.61 Å². The Bertz CT molecular complexity index is 153. The maximum absolute atomic E-state index is 9.86. The first-order valence-electron chi connectivity index (χ1n) is 7.14. The topological polar surface area (TPSA) is 29.5 Å². The maximum atomic E-state index is 9.86. The Labute approximate surface area is 100 Å². The lowest BCUT2D eigenvalue weighted by Crippen LogP contribution is -2.24. The van der Waals surface area contributed by atoms with Gasteiger partial charge in [-0.3, -0.25) is 0 Å². The van der Waals surface area contributed by atoms with Gasteiger partial charge in [0.15, 0.2) is 0 Å². The lowest BCUT2D eigenvalue weighted by Gasteiger charge is -2.16. The predicted molar refractivity (Wildman–Crippen MR) is 67.6 cm³/mol. The lowest BCUT2D eigenvalue weighted by atomic mass is 10.0. The number of hydrogen-bond donors (Lipinski definition) is 1. The van der Waals surface area contributed by atoms with Gasteiger partial charge in [-0.25, -0.2) is 0 Å². The normalized spacial score (nSPS) is 22.5. The summed E-state index contributed by atoms with van der Waals surface area (Å²) in [4.78, 5) is 0. The van der Waals surface area contributed by atoms with Gasteiger partial charge in [-0.2, -0.15) is 0 Å². The molecule has 0 aromatic rings. The number of aliphatic hydroxyl groups excluding tert-OH is 1. The third-order valence-corrected chi connectivity index (χ3v) is 3.50. The number of hydrogen-bond acceptors (Lipinski definition) is 2. The Balaban J connectivity index is 1.86. The van der Waals surface area contributed by atoms with Gasteiger partial charge in [-0.1, -0.05) is 51.9 Å². The Hall–Kier alpha value is -0.0800. The fourth-order valence-corrected chi connectivity index (χ4v) is 2.40. The van der Waals surface area contributed by atoms with E-state index in [2.05, 4.69) is 6.92 Å². The summed E-state index contributed by atoms with van der Waals surface area (Å²) in [7, 11) is 0. The molecule has 0 amide bonds. The van der Waals surface area contributed by atoms with E-state index in [-0.39, 0.29) is 12.2 Å². The molecule has 0 saturated carbocycles. The summed E-state index contributed by atoms with van der Waals surface area (Å²) in [6, 6.07) is 0. The van der Waals surface area contributed by atoms with Gasteiger partial charge in [0.05, 0.1) is 12.2 Å². The van der Waals surface area contributed by atoms with Gasteiger partial charge in [-0.05, 0) is 19.3 Å². The van der Waals surface area contributed by atoms with Gasteiger partial charge >= 0.3 is 0 Å². The molecule has 2 nitrogen and oxygen atoms in total. The van der Waals surface area contributed by atoms with Crippen LogP contribution >= 0.6 is 0 Å². The van der Waals surface area contributed by atoms with Gasteiger partial charge in [0, 0.05) is 6.61 Å². The molecule has 1 saturated heterocycles. The highest BCUT2D eigenvalue weighted by Gasteiger charge is 2.23. The molecule has 2 unspecified atom stereocenters. The average molecular weight is 228 g/mol. The highest BCUT2D eigenvalue weighted by molar-refractivity contribution is 4.73. The summed E-state index contributed by atoms with van der Waals surface area (Å²) in [6.07, 6.45) is 12.2. The zero-order chi connectivity index (χ0) is 11.6. The van der Waals surface area contributed by atoms with Crippen molar-refractivity contribution in [1.29, 1.82) is 0 Å². The number of aliphatic hydroxyl groups is 1. The standard InChI is InChI=1S/C14H28O2/c1-2-3-4-5-6-7-8-10-13(15)14-11-9-12-16-14/h13-15H,2-12H2,1H3. The fourth-order valence-electron chi connectivity index (χ4n) is 2.40. The molecule has 0 aliphatic carbocycles. The largest absolute Gasteiger partial charge is 0.390 e. The van der Waals surface area contributed by atoms with Crippen LogP contribution in [0.25, 0.3) is 0 Å². The quantitative estimate of drug-likeness (QED) is 0.610. The van der Waals surface area contributed by atoms with Crippen LogP contribution in [0.1, 0.15) is 71.1 Å². The van der Waals surface area contributed by atoms with Gasteiger partial charge in [0.25, 0.3) is 0 Å². The predicted octanol–water partition coefficient (Wildman–Crippen LogP) is 3.67. The Morgan fingerprint density at radius 3 is 2.44 bits per heavy atom. The van der Waals surface area contributed by atoms with E-state index in [0.29, 0.717) is 0 Å². The zero-order valence-electron chi connectivity index (χ0n) is 10.8. The van der Waals surface area contributed by atoms with Crippen molar-refractivity contribution in [3.05, 3.63) is 0 Å². The highest BCUT2D eigenvalue weighted by atomic mass is 16.5. The van der Waals surface area contributed by atoms with Crippen LogP contribution in [0.3, 0.4) is 0 Å². The zero-order valence-corrected chi connectivity index (χ0v) is 10.8. The van der Waals surface area contributed by atoms with Crippen LogP contribution in [-0.4, -0.2) is 23.9 Å². The molecule has 2 atom stereocenters. The smallest absolute Gasteiger partial charge is 0.0834 e. The summed E-state index contributed by atoms with van der Waals surface area (Å²) >= 11 is 0. The van der Waals surface area contributed by atoms with Crippen LogP contribution in [0.2, 0.25) is 0 Å². The Kier molecular flexibility index (Phi) is 7.87. The van der Waals surface area contributed by atoms with E-state index in [9.17, 15) is 5.11 Å². The third-order valence-electron chi connectivity index (χ3n) is 3.50. The molecule has 0 aromatic heterocycles. The monoisotopic (exact) mass is 228 g/mol. The molecular formula is C14H28O2. The minimum absolute atomic E-state index is 0.139. The van der Waals surface area contributed by atoms with Crippen LogP contribution in [0.4, 0.5) is 0 Å². The molecule has 2 heteroatoms. The molecule has 16 heavy (non-hydrogen) atoms. The average Bonchev–Trinajstić information content (AvgIpc) is 2.81. The molecule has 0 bridgehead atoms. The van der Waals surface area contributed by atoms with Gasteiger partial charge in [-0.15, -0.1) is 0 Å². The molecule has 0 aromatic carbocycles. The van der Waals surface area contributed by atoms with E-state index in [1.165, 1.54) is 38.5 Å². The Morgan fingerprint density at radius 1 is 1.12 bits per heavy atom. The highest BCUT2D eigenvalue weighted by Crippen LogP contribution is 2.19. The number of rotatable bonds is 9. The van der Waals surface area contributed by atoms with Crippen LogP contribution < -0.4 is 0 Å². The van der Waals surface area contributed by atoms with E-state index in [1.54, 1.807) is 0 Å². The van der Waals surface area contributed by atoms with E-state index in [4.69, 9.17) is 4.74 Å². The summed E-state index contributed by atoms with van der Waals surface area (Å²) in [5, 5.41) is 9.86. The van der Waals surface area contributed by atoms with Crippen LogP contribution in [0.5, 0.6) is 0 Å². The van der Waals surface area contributed by atoms with Crippen molar-refractivity contribution in [1.82, 2.24) is 0 Å². The SMILES string of the molecule is CCCCCCCCCC(O)C1CCCO1. The van der Waals surface area contributed by atoms with E-state index in [1.807, 2.05) is 0 Å². The second kappa shape index (κ2) is 9.00. The van der Waals surface area contributed by atoms with Crippen molar-refractivity contribution >= 4 is 0 Å². The first kappa shape index (κ1) is 14.0. The summed E-state index contributed by atoms with van der Waals surface area (Å²) in [6.45, 7) is 3.09. The van der Waals surface area contributed by atoms with Crippen LogP contribution in [0.15, 0.2) is 0 Å². The fraction of sp³-hybridized carbons (Fsp3) is 1.00. The Morgan fingerprint density at radius 2 is 1.81 bits per heavy atom. The molecular weight excluding hydrogens is 200 g/mol. The van der Waals surface area contributed by atoms with E-state index >= 15 is 0 Å². The van der Waals surface area contributed by atoms with Crippen molar-refractivity contribution < 1.29 is 9.84 Å². The van der Waals surface area contributed by atoms with Crippen LogP contribution in [-0.2, 0) is 4.74 Å². The lowest BCUT2D eigenvalue weighted by molar-refractivity contribution is -0.00636. The molecule has 1 aliphatic heterocycles. The molecule has 1 rings (SSSR count). The maximum Gasteiger partial charge on any atom is 0.0834 e. The van der Waals surface area contributed by atoms with Crippen molar-refractivity contribution in [3.63, 3.8) is 0 Å². The van der Waals surface area contributed by atoms with Gasteiger partial charge < -0.3 is 9.84 Å². The van der Waals surface area contributed by atoms with Gasteiger partial charge in [0.1, 0.15) is 0 Å². The first-order chi connectivity index (χ1) is 7.84. The van der Waals surface area contributed by atoms with Gasteiger partial charge in [0.2, 0.25) is 0 Å². The molecule has 0 radical (unpaired) electrons. The molecule has 1 heterocycles. The molecule has 1 N–H and O–H groups in total. The molecule has 1 aliphatic rings. The minimum Gasteiger partial charge on any atom is -0.390 e. The molecule has 0 spiro atoms. The minimum atomic E-state index is -0.210. The second-order valence-electron chi connectivity index (χ2n) is 5.03.